The van der Waals surface area contributed by atoms with Crippen molar-refractivity contribution in [2.24, 2.45) is 0 Å². The molecular formula is C14H21ClO2S. The second kappa shape index (κ2) is 7.80. The first-order chi connectivity index (χ1) is 8.56. The quantitative estimate of drug-likeness (QED) is 0.661. The summed E-state index contributed by atoms with van der Waals surface area (Å²) in [5.41, 5.74) is 0. The van der Waals surface area contributed by atoms with Crippen LogP contribution in [-0.2, 0) is 9.84 Å². The van der Waals surface area contributed by atoms with Crippen LogP contribution < -0.4 is 0 Å². The molecule has 0 aliphatic heterocycles. The molecule has 1 aromatic carbocycles. The minimum absolute atomic E-state index is 0.237. The van der Waals surface area contributed by atoms with Crippen molar-refractivity contribution in [2.45, 2.75) is 50.3 Å². The molecule has 2 nitrogen and oxygen atoms in total. The van der Waals surface area contributed by atoms with Crippen LogP contribution in [-0.4, -0.2) is 14.2 Å². The topological polar surface area (TPSA) is 34.1 Å². The van der Waals surface area contributed by atoms with Crippen molar-refractivity contribution in [2.75, 3.05) is 5.75 Å². The molecule has 0 radical (unpaired) electrons. The minimum atomic E-state index is -3.13. The number of rotatable bonds is 8. The maximum absolute atomic E-state index is 12.0. The van der Waals surface area contributed by atoms with Crippen molar-refractivity contribution < 1.29 is 8.42 Å². The Morgan fingerprint density at radius 1 is 0.944 bits per heavy atom. The number of sulfone groups is 1. The third kappa shape index (κ3) is 5.40. The Bertz CT molecular complexity index is 437. The summed E-state index contributed by atoms with van der Waals surface area (Å²) in [6.45, 7) is 2.17. The fraction of sp³-hybridized carbons (Fsp3) is 0.571. The van der Waals surface area contributed by atoms with Crippen molar-refractivity contribution in [3.63, 3.8) is 0 Å². The summed E-state index contributed by atoms with van der Waals surface area (Å²) >= 11 is 5.74. The average molecular weight is 289 g/mol. The van der Waals surface area contributed by atoms with Crippen LogP contribution in [0.2, 0.25) is 5.02 Å². The molecular weight excluding hydrogens is 268 g/mol. The van der Waals surface area contributed by atoms with Gasteiger partial charge in [0.1, 0.15) is 0 Å². The van der Waals surface area contributed by atoms with E-state index < -0.39 is 9.84 Å². The summed E-state index contributed by atoms with van der Waals surface area (Å²) in [7, 11) is -3.13. The second-order valence-corrected chi connectivity index (χ2v) is 7.09. The van der Waals surface area contributed by atoms with Crippen molar-refractivity contribution in [1.82, 2.24) is 0 Å². The van der Waals surface area contributed by atoms with Crippen LogP contribution in [0.3, 0.4) is 0 Å². The molecule has 0 amide bonds. The molecule has 18 heavy (non-hydrogen) atoms. The van der Waals surface area contributed by atoms with Gasteiger partial charge in [-0.05, 0) is 30.7 Å². The van der Waals surface area contributed by atoms with E-state index in [4.69, 9.17) is 11.6 Å². The SMILES string of the molecule is CCCCCCCCS(=O)(=O)c1ccc(Cl)cc1. The standard InChI is InChI=1S/C14H21ClO2S/c1-2-3-4-5-6-7-12-18(16,17)14-10-8-13(15)9-11-14/h8-11H,2-7,12H2,1H3. The van der Waals surface area contributed by atoms with Gasteiger partial charge in [-0.25, -0.2) is 8.42 Å². The van der Waals surface area contributed by atoms with Gasteiger partial charge in [0.05, 0.1) is 10.6 Å². The van der Waals surface area contributed by atoms with Gasteiger partial charge in [-0.2, -0.15) is 0 Å². The first-order valence-electron chi connectivity index (χ1n) is 6.54. The van der Waals surface area contributed by atoms with Crippen molar-refractivity contribution >= 4 is 21.4 Å². The number of unbranched alkanes of at least 4 members (excludes halogenated alkanes) is 5. The highest BCUT2D eigenvalue weighted by atomic mass is 35.5. The lowest BCUT2D eigenvalue weighted by molar-refractivity contribution is 0.583. The van der Waals surface area contributed by atoms with Crippen molar-refractivity contribution in [1.29, 1.82) is 0 Å². The molecule has 1 rings (SSSR count). The van der Waals surface area contributed by atoms with Gasteiger partial charge in [-0.3, -0.25) is 0 Å². The molecule has 0 heterocycles. The van der Waals surface area contributed by atoms with Crippen LogP contribution in [0.15, 0.2) is 29.2 Å². The van der Waals surface area contributed by atoms with E-state index in [1.807, 2.05) is 0 Å². The predicted octanol–water partition coefficient (Wildman–Crippen LogP) is 4.47. The molecule has 0 aliphatic rings. The highest BCUT2D eigenvalue weighted by molar-refractivity contribution is 7.91. The zero-order valence-corrected chi connectivity index (χ0v) is 12.4. The lowest BCUT2D eigenvalue weighted by atomic mass is 10.1. The first kappa shape index (κ1) is 15.5. The van der Waals surface area contributed by atoms with Crippen molar-refractivity contribution in [3.05, 3.63) is 29.3 Å². The molecule has 1 aromatic rings. The van der Waals surface area contributed by atoms with E-state index in [9.17, 15) is 8.42 Å². The molecule has 0 N–H and O–H groups in total. The van der Waals surface area contributed by atoms with Crippen LogP contribution >= 0.6 is 11.6 Å². The summed E-state index contributed by atoms with van der Waals surface area (Å²) in [6.07, 6.45) is 6.52. The van der Waals surface area contributed by atoms with E-state index in [1.165, 1.54) is 19.3 Å². The van der Waals surface area contributed by atoms with Crippen LogP contribution in [0, 0.1) is 0 Å². The number of benzene rings is 1. The van der Waals surface area contributed by atoms with Gasteiger partial charge in [0.15, 0.2) is 9.84 Å². The van der Waals surface area contributed by atoms with E-state index in [0.29, 0.717) is 9.92 Å². The molecule has 0 atom stereocenters. The Morgan fingerprint density at radius 3 is 2.11 bits per heavy atom. The van der Waals surface area contributed by atoms with Gasteiger partial charge in [0.25, 0.3) is 0 Å². The molecule has 0 saturated carbocycles. The Morgan fingerprint density at radius 2 is 1.50 bits per heavy atom. The van der Waals surface area contributed by atoms with Gasteiger partial charge in [0, 0.05) is 5.02 Å². The van der Waals surface area contributed by atoms with Gasteiger partial charge in [0.2, 0.25) is 0 Å². The summed E-state index contributed by atoms with van der Waals surface area (Å²) in [4.78, 5) is 0.375. The normalized spacial score (nSPS) is 11.7. The largest absolute Gasteiger partial charge is 0.224 e. The zero-order chi connectivity index (χ0) is 13.4. The number of hydrogen-bond donors (Lipinski definition) is 0. The predicted molar refractivity (Wildman–Crippen MR) is 76.9 cm³/mol. The Labute approximate surface area is 115 Å². The lowest BCUT2D eigenvalue weighted by Gasteiger charge is -2.04. The second-order valence-electron chi connectivity index (χ2n) is 4.54. The van der Waals surface area contributed by atoms with Gasteiger partial charge in [-0.15, -0.1) is 0 Å². The Kier molecular flexibility index (Phi) is 6.72. The fourth-order valence-electron chi connectivity index (χ4n) is 1.83. The smallest absolute Gasteiger partial charge is 0.178 e. The van der Waals surface area contributed by atoms with Crippen molar-refractivity contribution in [3.8, 4) is 0 Å². The van der Waals surface area contributed by atoms with E-state index in [0.717, 1.165) is 19.3 Å². The molecule has 0 saturated heterocycles. The Balaban J connectivity index is 2.38. The van der Waals surface area contributed by atoms with Gasteiger partial charge >= 0.3 is 0 Å². The van der Waals surface area contributed by atoms with Crippen LogP contribution in [0.1, 0.15) is 45.4 Å². The molecule has 0 aromatic heterocycles. The van der Waals surface area contributed by atoms with Crippen LogP contribution in [0.4, 0.5) is 0 Å². The highest BCUT2D eigenvalue weighted by Gasteiger charge is 2.13. The zero-order valence-electron chi connectivity index (χ0n) is 10.9. The third-order valence-electron chi connectivity index (χ3n) is 2.94. The average Bonchev–Trinajstić information content (AvgIpc) is 2.34. The summed E-state index contributed by atoms with van der Waals surface area (Å²) in [5, 5.41) is 0.563. The van der Waals surface area contributed by atoms with Gasteiger partial charge < -0.3 is 0 Å². The molecule has 0 unspecified atom stereocenters. The van der Waals surface area contributed by atoms with Crippen LogP contribution in [0.5, 0.6) is 0 Å². The van der Waals surface area contributed by atoms with E-state index >= 15 is 0 Å². The summed E-state index contributed by atoms with van der Waals surface area (Å²) in [6, 6.07) is 6.40. The maximum Gasteiger partial charge on any atom is 0.178 e. The van der Waals surface area contributed by atoms with E-state index in [1.54, 1.807) is 24.3 Å². The molecule has 0 bridgehead atoms. The molecule has 4 heteroatoms. The highest BCUT2D eigenvalue weighted by Crippen LogP contribution is 2.17. The Hall–Kier alpha value is -0.540. The minimum Gasteiger partial charge on any atom is -0.224 e. The monoisotopic (exact) mass is 288 g/mol. The summed E-state index contributed by atoms with van der Waals surface area (Å²) in [5.74, 6) is 0.237. The fourth-order valence-corrected chi connectivity index (χ4v) is 3.33. The lowest BCUT2D eigenvalue weighted by Crippen LogP contribution is -2.06. The number of hydrogen-bond acceptors (Lipinski definition) is 2. The summed E-state index contributed by atoms with van der Waals surface area (Å²) < 4.78 is 24.0. The number of halogens is 1. The van der Waals surface area contributed by atoms with Gasteiger partial charge in [-0.1, -0.05) is 50.6 Å². The maximum atomic E-state index is 12.0. The van der Waals surface area contributed by atoms with E-state index in [2.05, 4.69) is 6.92 Å². The van der Waals surface area contributed by atoms with E-state index in [-0.39, 0.29) is 5.75 Å². The molecule has 0 fully saturated rings. The third-order valence-corrected chi connectivity index (χ3v) is 5.01. The molecule has 102 valence electrons. The molecule has 0 spiro atoms. The first-order valence-corrected chi connectivity index (χ1v) is 8.57. The van der Waals surface area contributed by atoms with Crippen LogP contribution in [0.25, 0.3) is 0 Å². The molecule has 0 aliphatic carbocycles.